The summed E-state index contributed by atoms with van der Waals surface area (Å²) >= 11 is 0. The molecule has 1 aliphatic rings. The second kappa shape index (κ2) is 4.97. The maximum absolute atomic E-state index is 6.03. The number of rotatable bonds is 2. The zero-order valence-corrected chi connectivity index (χ0v) is 11.1. The van der Waals surface area contributed by atoms with Crippen LogP contribution in [0.25, 0.3) is 0 Å². The average Bonchev–Trinajstić information content (AvgIpc) is 2.47. The Labute approximate surface area is 113 Å². The van der Waals surface area contributed by atoms with E-state index in [4.69, 9.17) is 5.73 Å². The molecule has 0 saturated carbocycles. The van der Waals surface area contributed by atoms with Crippen LogP contribution in [0.3, 0.4) is 0 Å². The zero-order valence-electron chi connectivity index (χ0n) is 11.1. The SMILES string of the molecule is CC(c1cnccn1)N1CCc2c(N)cccc2C1. The van der Waals surface area contributed by atoms with Gasteiger partial charge in [-0.3, -0.25) is 14.9 Å². The molecule has 0 fully saturated rings. The van der Waals surface area contributed by atoms with E-state index in [1.807, 2.05) is 18.3 Å². The highest BCUT2D eigenvalue weighted by Crippen LogP contribution is 2.28. The van der Waals surface area contributed by atoms with Crippen LogP contribution >= 0.6 is 0 Å². The third kappa shape index (κ3) is 2.31. The molecule has 0 radical (unpaired) electrons. The Morgan fingerprint density at radius 2 is 2.21 bits per heavy atom. The first-order valence-electron chi connectivity index (χ1n) is 6.62. The van der Waals surface area contributed by atoms with Gasteiger partial charge in [-0.05, 0) is 30.5 Å². The molecule has 1 aromatic heterocycles. The molecule has 1 aromatic carbocycles. The number of hydrogen-bond acceptors (Lipinski definition) is 4. The highest BCUT2D eigenvalue weighted by molar-refractivity contribution is 5.51. The minimum Gasteiger partial charge on any atom is -0.398 e. The second-order valence-electron chi connectivity index (χ2n) is 5.01. The number of nitrogens with two attached hydrogens (primary N) is 1. The van der Waals surface area contributed by atoms with Gasteiger partial charge in [0, 0.05) is 37.4 Å². The third-order valence-electron chi connectivity index (χ3n) is 3.89. The number of hydrogen-bond donors (Lipinski definition) is 1. The van der Waals surface area contributed by atoms with Crippen molar-refractivity contribution in [2.75, 3.05) is 12.3 Å². The predicted octanol–water partition coefficient (Wildman–Crippen LogP) is 2.18. The topological polar surface area (TPSA) is 55.0 Å². The van der Waals surface area contributed by atoms with Crippen LogP contribution in [0, 0.1) is 0 Å². The lowest BCUT2D eigenvalue weighted by molar-refractivity contribution is 0.189. The van der Waals surface area contributed by atoms with Gasteiger partial charge in [-0.2, -0.15) is 0 Å². The molecule has 1 aliphatic heterocycles. The molecule has 2 heterocycles. The van der Waals surface area contributed by atoms with Crippen LogP contribution in [0.4, 0.5) is 5.69 Å². The van der Waals surface area contributed by atoms with E-state index >= 15 is 0 Å². The van der Waals surface area contributed by atoms with Crippen LogP contribution in [0.2, 0.25) is 0 Å². The number of fused-ring (bicyclic) bond motifs is 1. The van der Waals surface area contributed by atoms with Crippen molar-refractivity contribution in [3.63, 3.8) is 0 Å². The van der Waals surface area contributed by atoms with Crippen molar-refractivity contribution in [3.8, 4) is 0 Å². The average molecular weight is 254 g/mol. The highest BCUT2D eigenvalue weighted by atomic mass is 15.2. The number of aromatic nitrogens is 2. The van der Waals surface area contributed by atoms with Gasteiger partial charge in [0.05, 0.1) is 11.7 Å². The fourth-order valence-corrected chi connectivity index (χ4v) is 2.70. The van der Waals surface area contributed by atoms with Crippen molar-refractivity contribution in [1.29, 1.82) is 0 Å². The van der Waals surface area contributed by atoms with Gasteiger partial charge in [0.15, 0.2) is 0 Å². The summed E-state index contributed by atoms with van der Waals surface area (Å²) in [5.41, 5.74) is 10.6. The van der Waals surface area contributed by atoms with Crippen molar-refractivity contribution in [2.24, 2.45) is 0 Å². The van der Waals surface area contributed by atoms with E-state index < -0.39 is 0 Å². The molecule has 0 bridgehead atoms. The van der Waals surface area contributed by atoms with Crippen molar-refractivity contribution >= 4 is 5.69 Å². The van der Waals surface area contributed by atoms with Gasteiger partial charge in [-0.1, -0.05) is 12.1 Å². The normalized spacial score (nSPS) is 16.9. The molecule has 4 nitrogen and oxygen atoms in total. The van der Waals surface area contributed by atoms with Crippen LogP contribution in [-0.2, 0) is 13.0 Å². The lowest BCUT2D eigenvalue weighted by Gasteiger charge is -2.33. The first-order valence-corrected chi connectivity index (χ1v) is 6.62. The lowest BCUT2D eigenvalue weighted by atomic mass is 9.96. The zero-order chi connectivity index (χ0) is 13.2. The van der Waals surface area contributed by atoms with Gasteiger partial charge >= 0.3 is 0 Å². The maximum Gasteiger partial charge on any atom is 0.0755 e. The molecule has 0 amide bonds. The molecule has 98 valence electrons. The smallest absolute Gasteiger partial charge is 0.0755 e. The van der Waals surface area contributed by atoms with E-state index in [2.05, 4.69) is 27.9 Å². The Morgan fingerprint density at radius 1 is 1.32 bits per heavy atom. The standard InChI is InChI=1S/C15H18N4/c1-11(15-9-17-6-7-18-15)19-8-5-13-12(10-19)3-2-4-14(13)16/h2-4,6-7,9,11H,5,8,10,16H2,1H3. The third-order valence-corrected chi connectivity index (χ3v) is 3.89. The van der Waals surface area contributed by atoms with E-state index in [0.29, 0.717) is 0 Å². The van der Waals surface area contributed by atoms with E-state index in [9.17, 15) is 0 Å². The van der Waals surface area contributed by atoms with Crippen molar-refractivity contribution in [2.45, 2.75) is 25.9 Å². The van der Waals surface area contributed by atoms with Crippen LogP contribution < -0.4 is 5.73 Å². The van der Waals surface area contributed by atoms with Crippen molar-refractivity contribution in [1.82, 2.24) is 14.9 Å². The van der Waals surface area contributed by atoms with Crippen LogP contribution in [0.15, 0.2) is 36.8 Å². The molecule has 4 heteroatoms. The van der Waals surface area contributed by atoms with E-state index in [0.717, 1.165) is 30.9 Å². The summed E-state index contributed by atoms with van der Waals surface area (Å²) in [5, 5.41) is 0. The molecule has 0 spiro atoms. The summed E-state index contributed by atoms with van der Waals surface area (Å²) in [6, 6.07) is 6.47. The summed E-state index contributed by atoms with van der Waals surface area (Å²) in [5.74, 6) is 0. The van der Waals surface area contributed by atoms with Crippen LogP contribution in [0.1, 0.15) is 29.8 Å². The summed E-state index contributed by atoms with van der Waals surface area (Å²) in [6.45, 7) is 4.12. The largest absolute Gasteiger partial charge is 0.398 e. The molecular formula is C15H18N4. The minimum atomic E-state index is 0.281. The quantitative estimate of drug-likeness (QED) is 0.835. The molecule has 2 aromatic rings. The number of nitrogen functional groups attached to an aromatic ring is 1. The molecule has 19 heavy (non-hydrogen) atoms. The van der Waals surface area contributed by atoms with Gasteiger partial charge in [0.1, 0.15) is 0 Å². The Balaban J connectivity index is 1.83. The fourth-order valence-electron chi connectivity index (χ4n) is 2.70. The van der Waals surface area contributed by atoms with Crippen LogP contribution in [0.5, 0.6) is 0 Å². The van der Waals surface area contributed by atoms with Crippen LogP contribution in [-0.4, -0.2) is 21.4 Å². The van der Waals surface area contributed by atoms with Gasteiger partial charge in [-0.25, -0.2) is 0 Å². The molecule has 3 rings (SSSR count). The van der Waals surface area contributed by atoms with Gasteiger partial charge in [0.25, 0.3) is 0 Å². The number of nitrogens with zero attached hydrogens (tertiary/aromatic N) is 3. The van der Waals surface area contributed by atoms with E-state index in [-0.39, 0.29) is 6.04 Å². The van der Waals surface area contributed by atoms with Crippen molar-refractivity contribution in [3.05, 3.63) is 53.6 Å². The van der Waals surface area contributed by atoms with E-state index in [1.54, 1.807) is 12.4 Å². The molecule has 0 saturated heterocycles. The number of anilines is 1. The summed E-state index contributed by atoms with van der Waals surface area (Å²) in [4.78, 5) is 11.0. The number of benzene rings is 1. The molecule has 1 unspecified atom stereocenters. The van der Waals surface area contributed by atoms with Gasteiger partial charge in [0.2, 0.25) is 0 Å². The van der Waals surface area contributed by atoms with Gasteiger partial charge < -0.3 is 5.73 Å². The Hall–Kier alpha value is -1.94. The van der Waals surface area contributed by atoms with E-state index in [1.165, 1.54) is 11.1 Å². The summed E-state index contributed by atoms with van der Waals surface area (Å²) in [6.07, 6.45) is 6.32. The van der Waals surface area contributed by atoms with Crippen molar-refractivity contribution < 1.29 is 0 Å². The summed E-state index contributed by atoms with van der Waals surface area (Å²) < 4.78 is 0. The lowest BCUT2D eigenvalue weighted by Crippen LogP contribution is -2.33. The minimum absolute atomic E-state index is 0.281. The predicted molar refractivity (Wildman–Crippen MR) is 75.4 cm³/mol. The molecule has 0 aliphatic carbocycles. The molecule has 1 atom stereocenters. The summed E-state index contributed by atoms with van der Waals surface area (Å²) in [7, 11) is 0. The first-order chi connectivity index (χ1) is 9.25. The second-order valence-corrected chi connectivity index (χ2v) is 5.01. The Bertz CT molecular complexity index is 568. The molecular weight excluding hydrogens is 236 g/mol. The first kappa shape index (κ1) is 12.1. The monoisotopic (exact) mass is 254 g/mol. The Kier molecular flexibility index (Phi) is 3.17. The maximum atomic E-state index is 6.03. The Morgan fingerprint density at radius 3 is 3.00 bits per heavy atom. The molecule has 2 N–H and O–H groups in total. The highest BCUT2D eigenvalue weighted by Gasteiger charge is 2.23. The van der Waals surface area contributed by atoms with Gasteiger partial charge in [-0.15, -0.1) is 0 Å². The fraction of sp³-hybridized carbons (Fsp3) is 0.333.